The molecule has 3 amide bonds. The maximum absolute atomic E-state index is 13.7. The van der Waals surface area contributed by atoms with Crippen LogP contribution < -0.4 is 20.9 Å². The molecule has 49 heavy (non-hydrogen) atoms. The van der Waals surface area contributed by atoms with Gasteiger partial charge in [0.05, 0.1) is 0 Å². The molecule has 0 bridgehead atoms. The van der Waals surface area contributed by atoms with Crippen molar-refractivity contribution >= 4 is 28.6 Å². The maximum atomic E-state index is 13.7. The second kappa shape index (κ2) is 18.2. The van der Waals surface area contributed by atoms with Gasteiger partial charge in [0.15, 0.2) is 0 Å². The smallest absolute Gasteiger partial charge is 0.244 e. The first kappa shape index (κ1) is 34.9. The molecule has 0 aliphatic heterocycles. The summed E-state index contributed by atoms with van der Waals surface area (Å²) in [4.78, 5) is 42.7. The number of rotatable bonds is 18. The molecule has 0 aliphatic carbocycles. The Kier molecular flexibility index (Phi) is 13.0. The quantitative estimate of drug-likeness (QED) is 0.0443. The second-order valence-corrected chi connectivity index (χ2v) is 12.3. The minimum atomic E-state index is -0.857. The maximum Gasteiger partial charge on any atom is 0.244 e. The van der Waals surface area contributed by atoms with Crippen LogP contribution >= 0.6 is 0 Å². The van der Waals surface area contributed by atoms with E-state index >= 15 is 0 Å². The number of hydrogen-bond donors (Lipinski definition) is 5. The Balaban J connectivity index is 1.18. The molecule has 0 spiro atoms. The molecule has 0 unspecified atom stereocenters. The summed E-state index contributed by atoms with van der Waals surface area (Å²) >= 11 is 0. The van der Waals surface area contributed by atoms with Crippen LogP contribution in [0.25, 0.3) is 10.9 Å². The minimum Gasteiger partial charge on any atom is -0.489 e. The van der Waals surface area contributed by atoms with E-state index in [1.165, 1.54) is 0 Å². The summed E-state index contributed by atoms with van der Waals surface area (Å²) in [6.07, 6.45) is 5.30. The molecule has 5 rings (SSSR count). The van der Waals surface area contributed by atoms with Crippen molar-refractivity contribution in [2.75, 3.05) is 6.54 Å². The van der Waals surface area contributed by atoms with Crippen molar-refractivity contribution in [2.24, 2.45) is 5.92 Å². The van der Waals surface area contributed by atoms with Gasteiger partial charge in [0.1, 0.15) is 18.4 Å². The Hall–Kier alpha value is -5.41. The van der Waals surface area contributed by atoms with E-state index in [0.717, 1.165) is 51.7 Å². The third-order valence-corrected chi connectivity index (χ3v) is 8.65. The van der Waals surface area contributed by atoms with Crippen LogP contribution in [0.1, 0.15) is 47.9 Å². The van der Waals surface area contributed by atoms with E-state index in [1.54, 1.807) is 5.48 Å². The summed E-state index contributed by atoms with van der Waals surface area (Å²) in [5, 5.41) is 16.1. The van der Waals surface area contributed by atoms with Gasteiger partial charge < -0.3 is 20.4 Å². The number of hydroxylamine groups is 1. The molecule has 2 atom stereocenters. The third kappa shape index (κ3) is 10.8. The van der Waals surface area contributed by atoms with Crippen LogP contribution in [0.2, 0.25) is 0 Å². The number of aromatic nitrogens is 1. The molecule has 5 aromatic rings. The SMILES string of the molecule is O=C(C[C@H](CCCCc1ccc(OCc2ccccc2)cc1)C(=O)N[C@H](Cc1c[nH]c2ccccc12)C(=O)NCCc1ccccc1)NO. The fourth-order valence-corrected chi connectivity index (χ4v) is 5.93. The number of para-hydroxylation sites is 1. The Bertz CT molecular complexity index is 1770. The van der Waals surface area contributed by atoms with E-state index in [4.69, 9.17) is 4.74 Å². The number of hydrogen-bond acceptors (Lipinski definition) is 5. The van der Waals surface area contributed by atoms with Gasteiger partial charge in [0.2, 0.25) is 17.7 Å². The van der Waals surface area contributed by atoms with E-state index in [0.29, 0.717) is 32.4 Å². The number of ether oxygens (including phenoxy) is 1. The van der Waals surface area contributed by atoms with Crippen LogP contribution in [0.4, 0.5) is 0 Å². The first-order chi connectivity index (χ1) is 24.0. The van der Waals surface area contributed by atoms with Gasteiger partial charge in [-0.1, -0.05) is 97.4 Å². The molecule has 0 aliphatic rings. The van der Waals surface area contributed by atoms with Gasteiger partial charge in [-0.2, -0.15) is 0 Å². The number of benzene rings is 4. The number of aromatic amines is 1. The standard InChI is InChI=1S/C40H44N4O5/c45-38(44-48)26-32(16-8-7-13-30-19-21-34(22-20-30)49-28-31-14-5-2-6-15-31)39(46)43-37(25-33-27-42-36-18-10-9-17-35(33)36)40(47)41-24-23-29-11-3-1-4-12-29/h1-6,9-12,14-15,17-22,27,32,37,42,48H,7-8,13,16,23-26,28H2,(H,41,47)(H,43,46)(H,44,45)/t32-,37+/m0/s1. The Morgan fingerprint density at radius 3 is 2.14 bits per heavy atom. The zero-order chi connectivity index (χ0) is 34.3. The second-order valence-electron chi connectivity index (χ2n) is 12.3. The lowest BCUT2D eigenvalue weighted by molar-refractivity contribution is -0.136. The highest BCUT2D eigenvalue weighted by Crippen LogP contribution is 2.21. The van der Waals surface area contributed by atoms with Crippen LogP contribution in [0.5, 0.6) is 5.75 Å². The molecular weight excluding hydrogens is 616 g/mol. The lowest BCUT2D eigenvalue weighted by atomic mass is 9.94. The van der Waals surface area contributed by atoms with Gasteiger partial charge in [-0.05, 0) is 66.1 Å². The fourth-order valence-electron chi connectivity index (χ4n) is 5.93. The van der Waals surface area contributed by atoms with Crippen molar-refractivity contribution < 1.29 is 24.3 Å². The number of H-pyrrole nitrogens is 1. The zero-order valence-corrected chi connectivity index (χ0v) is 27.6. The fraction of sp³-hybridized carbons (Fsp3) is 0.275. The Morgan fingerprint density at radius 1 is 0.735 bits per heavy atom. The Morgan fingerprint density at radius 2 is 1.41 bits per heavy atom. The van der Waals surface area contributed by atoms with Crippen molar-refractivity contribution in [2.45, 2.75) is 57.6 Å². The third-order valence-electron chi connectivity index (χ3n) is 8.65. The van der Waals surface area contributed by atoms with Gasteiger partial charge in [0.25, 0.3) is 0 Å². The highest BCUT2D eigenvalue weighted by Gasteiger charge is 2.28. The molecule has 4 aromatic carbocycles. The zero-order valence-electron chi connectivity index (χ0n) is 27.6. The van der Waals surface area contributed by atoms with Crippen molar-refractivity contribution in [1.82, 2.24) is 21.1 Å². The van der Waals surface area contributed by atoms with Gasteiger partial charge in [-0.3, -0.25) is 19.6 Å². The molecule has 1 heterocycles. The topological polar surface area (TPSA) is 133 Å². The average molecular weight is 661 g/mol. The van der Waals surface area contributed by atoms with Crippen LogP contribution in [-0.4, -0.2) is 40.5 Å². The van der Waals surface area contributed by atoms with E-state index in [-0.39, 0.29) is 18.7 Å². The number of carbonyl (C=O) groups is 3. The number of unbranched alkanes of at least 4 members (excludes halogenated alkanes) is 1. The van der Waals surface area contributed by atoms with Crippen molar-refractivity contribution in [3.05, 3.63) is 138 Å². The highest BCUT2D eigenvalue weighted by molar-refractivity contribution is 5.91. The van der Waals surface area contributed by atoms with Crippen LogP contribution in [0, 0.1) is 5.92 Å². The summed E-state index contributed by atoms with van der Waals surface area (Å²) in [7, 11) is 0. The summed E-state index contributed by atoms with van der Waals surface area (Å²) in [5.74, 6) is -1.26. The number of aryl methyl sites for hydroxylation is 1. The number of fused-ring (bicyclic) bond motifs is 1. The normalized spacial score (nSPS) is 12.2. The molecule has 9 nitrogen and oxygen atoms in total. The molecule has 0 saturated heterocycles. The lowest BCUT2D eigenvalue weighted by Crippen LogP contribution is -2.50. The van der Waals surface area contributed by atoms with Crippen LogP contribution in [-0.2, 0) is 40.3 Å². The summed E-state index contributed by atoms with van der Waals surface area (Å²) < 4.78 is 5.89. The van der Waals surface area contributed by atoms with E-state index in [9.17, 15) is 19.6 Å². The van der Waals surface area contributed by atoms with Gasteiger partial charge in [-0.15, -0.1) is 0 Å². The number of carbonyl (C=O) groups excluding carboxylic acids is 3. The average Bonchev–Trinajstić information content (AvgIpc) is 3.55. The number of amides is 3. The summed E-state index contributed by atoms with van der Waals surface area (Å²) in [5.41, 5.74) is 6.85. The molecule has 5 N–H and O–H groups in total. The first-order valence-corrected chi connectivity index (χ1v) is 16.8. The molecule has 0 radical (unpaired) electrons. The lowest BCUT2D eigenvalue weighted by Gasteiger charge is -2.22. The van der Waals surface area contributed by atoms with Gasteiger partial charge in [-0.25, -0.2) is 5.48 Å². The minimum absolute atomic E-state index is 0.189. The van der Waals surface area contributed by atoms with E-state index in [2.05, 4.69) is 15.6 Å². The van der Waals surface area contributed by atoms with Crippen LogP contribution in [0.15, 0.2) is 115 Å². The largest absolute Gasteiger partial charge is 0.489 e. The monoisotopic (exact) mass is 660 g/mol. The predicted octanol–water partition coefficient (Wildman–Crippen LogP) is 6.06. The van der Waals surface area contributed by atoms with Crippen molar-refractivity contribution in [1.29, 1.82) is 0 Å². The van der Waals surface area contributed by atoms with Crippen LogP contribution in [0.3, 0.4) is 0 Å². The first-order valence-electron chi connectivity index (χ1n) is 16.8. The number of nitrogens with one attached hydrogen (secondary N) is 4. The molecular formula is C40H44N4O5. The van der Waals surface area contributed by atoms with E-state index < -0.39 is 23.8 Å². The molecule has 0 fully saturated rings. The van der Waals surface area contributed by atoms with Gasteiger partial charge >= 0.3 is 0 Å². The molecule has 0 saturated carbocycles. The Labute approximate surface area is 287 Å². The summed E-state index contributed by atoms with van der Waals surface area (Å²) in [6.45, 7) is 0.919. The van der Waals surface area contributed by atoms with Gasteiger partial charge in [0, 0.05) is 42.4 Å². The summed E-state index contributed by atoms with van der Waals surface area (Å²) in [6, 6.07) is 34.8. The van der Waals surface area contributed by atoms with E-state index in [1.807, 2.05) is 115 Å². The highest BCUT2D eigenvalue weighted by atomic mass is 16.5. The predicted molar refractivity (Wildman–Crippen MR) is 190 cm³/mol. The van der Waals surface area contributed by atoms with Crippen molar-refractivity contribution in [3.8, 4) is 5.75 Å². The molecule has 254 valence electrons. The van der Waals surface area contributed by atoms with Crippen molar-refractivity contribution in [3.63, 3.8) is 0 Å². The molecule has 9 heteroatoms. The molecule has 1 aromatic heterocycles.